The average Bonchev–Trinajstić information content (AvgIpc) is 3.39. The summed E-state index contributed by atoms with van der Waals surface area (Å²) in [5, 5.41) is 7.41. The topological polar surface area (TPSA) is 178 Å². The molecule has 0 bridgehead atoms. The SMILES string of the molecule is COc1ncnc(OC)c1-n1c(NS(=O)(=O)[C@@H]2C[C@H](OC(C)C)CN(c3ncc(F)cn3)C2)nnc1[C@@H]1COCCO1. The summed E-state index contributed by atoms with van der Waals surface area (Å²) < 4.78 is 73.7. The summed E-state index contributed by atoms with van der Waals surface area (Å²) in [5.74, 6) is -0.184. The van der Waals surface area contributed by atoms with Crippen LogP contribution < -0.4 is 19.1 Å². The number of hydrogen-bond acceptors (Lipinski definition) is 14. The number of aromatic nitrogens is 7. The molecule has 18 heteroatoms. The molecular weight excluding hydrogens is 577 g/mol. The lowest BCUT2D eigenvalue weighted by Gasteiger charge is -2.37. The molecule has 5 heterocycles. The maximum absolute atomic E-state index is 14.0. The number of nitrogens with zero attached hydrogens (tertiary/aromatic N) is 8. The number of hydrogen-bond donors (Lipinski definition) is 1. The first-order valence-corrected chi connectivity index (χ1v) is 14.7. The van der Waals surface area contributed by atoms with Crippen molar-refractivity contribution in [3.63, 3.8) is 0 Å². The summed E-state index contributed by atoms with van der Waals surface area (Å²) in [5.41, 5.74) is 0.167. The standard InChI is InChI=1S/C24H32FN9O7S/c1-14(2)41-16-7-17(11-33(10-16)23-26-8-15(25)9-27-23)42(35,36)32-24-31-30-20(18-12-39-5-6-40-18)34(24)19-21(37-3)28-13-29-22(19)38-4/h8-9,13-14,16-18H,5-7,10-12H2,1-4H3,(H,31,32)/t16-,17+,18-/m0/s1. The van der Waals surface area contributed by atoms with E-state index in [-0.39, 0.29) is 60.8 Å². The first kappa shape index (κ1) is 29.7. The number of anilines is 2. The fraction of sp³-hybridized carbons (Fsp3) is 0.583. The van der Waals surface area contributed by atoms with Crippen LogP contribution in [0.4, 0.5) is 16.3 Å². The van der Waals surface area contributed by atoms with Gasteiger partial charge in [-0.2, -0.15) is 9.97 Å². The molecule has 228 valence electrons. The summed E-state index contributed by atoms with van der Waals surface area (Å²) in [6.07, 6.45) is 2.16. The van der Waals surface area contributed by atoms with Crippen LogP contribution in [0.25, 0.3) is 5.69 Å². The van der Waals surface area contributed by atoms with Gasteiger partial charge < -0.3 is 28.6 Å². The molecule has 0 radical (unpaired) electrons. The van der Waals surface area contributed by atoms with Gasteiger partial charge in [0.1, 0.15) is 17.7 Å². The number of sulfonamides is 1. The van der Waals surface area contributed by atoms with E-state index >= 15 is 0 Å². The normalized spacial score (nSPS) is 21.4. The quantitative estimate of drug-likeness (QED) is 0.343. The van der Waals surface area contributed by atoms with Gasteiger partial charge in [0.05, 0.1) is 58.6 Å². The molecule has 1 N–H and O–H groups in total. The number of rotatable bonds is 10. The second-order valence-corrected chi connectivity index (χ2v) is 11.8. The van der Waals surface area contributed by atoms with Crippen LogP contribution >= 0.6 is 0 Å². The van der Waals surface area contributed by atoms with E-state index in [1.165, 1.54) is 25.1 Å². The Morgan fingerprint density at radius 1 is 1.05 bits per heavy atom. The molecule has 3 aromatic rings. The average molecular weight is 610 g/mol. The predicted molar refractivity (Wildman–Crippen MR) is 145 cm³/mol. The number of nitrogens with one attached hydrogen (secondary N) is 1. The lowest BCUT2D eigenvalue weighted by Crippen LogP contribution is -2.51. The smallest absolute Gasteiger partial charge is 0.245 e. The summed E-state index contributed by atoms with van der Waals surface area (Å²) in [6, 6.07) is 0. The van der Waals surface area contributed by atoms with E-state index in [0.29, 0.717) is 19.8 Å². The van der Waals surface area contributed by atoms with Crippen molar-refractivity contribution in [3.05, 3.63) is 30.4 Å². The molecule has 2 fully saturated rings. The molecule has 0 aromatic carbocycles. The Labute approximate surface area is 241 Å². The third kappa shape index (κ3) is 6.35. The van der Waals surface area contributed by atoms with Crippen molar-refractivity contribution in [1.82, 2.24) is 34.7 Å². The highest BCUT2D eigenvalue weighted by Crippen LogP contribution is 2.35. The summed E-state index contributed by atoms with van der Waals surface area (Å²) in [6.45, 7) is 4.93. The Morgan fingerprint density at radius 3 is 2.38 bits per heavy atom. The van der Waals surface area contributed by atoms with Gasteiger partial charge in [-0.05, 0) is 20.3 Å². The van der Waals surface area contributed by atoms with E-state index in [4.69, 9.17) is 23.7 Å². The van der Waals surface area contributed by atoms with Gasteiger partial charge in [0.2, 0.25) is 33.7 Å². The Morgan fingerprint density at radius 2 is 1.76 bits per heavy atom. The maximum Gasteiger partial charge on any atom is 0.245 e. The van der Waals surface area contributed by atoms with E-state index in [1.54, 1.807) is 4.90 Å². The lowest BCUT2D eigenvalue weighted by molar-refractivity contribution is -0.0941. The number of piperidine rings is 1. The lowest BCUT2D eigenvalue weighted by atomic mass is 10.1. The number of ether oxygens (including phenoxy) is 5. The van der Waals surface area contributed by atoms with E-state index in [2.05, 4.69) is 34.9 Å². The molecule has 0 unspecified atom stereocenters. The second kappa shape index (κ2) is 12.6. The minimum absolute atomic E-state index is 0.0145. The highest BCUT2D eigenvalue weighted by Gasteiger charge is 2.39. The Bertz CT molecular complexity index is 1450. The second-order valence-electron chi connectivity index (χ2n) is 9.81. The van der Waals surface area contributed by atoms with Gasteiger partial charge in [-0.15, -0.1) is 10.2 Å². The van der Waals surface area contributed by atoms with E-state index in [1.807, 2.05) is 13.8 Å². The Kier molecular flexibility index (Phi) is 8.95. The van der Waals surface area contributed by atoms with Crippen molar-refractivity contribution in [2.24, 2.45) is 0 Å². The van der Waals surface area contributed by atoms with Crippen molar-refractivity contribution in [2.75, 3.05) is 56.8 Å². The van der Waals surface area contributed by atoms with Crippen LogP contribution in [-0.4, -0.2) is 108 Å². The van der Waals surface area contributed by atoms with Crippen molar-refractivity contribution in [1.29, 1.82) is 0 Å². The fourth-order valence-electron chi connectivity index (χ4n) is 4.83. The zero-order valence-corrected chi connectivity index (χ0v) is 24.3. The first-order chi connectivity index (χ1) is 20.2. The minimum atomic E-state index is -4.16. The molecule has 5 rings (SSSR count). The Hall–Kier alpha value is -3.74. The minimum Gasteiger partial charge on any atom is -0.479 e. The highest BCUT2D eigenvalue weighted by atomic mass is 32.2. The van der Waals surface area contributed by atoms with E-state index < -0.39 is 33.3 Å². The maximum atomic E-state index is 14.0. The van der Waals surface area contributed by atoms with Gasteiger partial charge in [-0.3, -0.25) is 9.29 Å². The summed E-state index contributed by atoms with van der Waals surface area (Å²) >= 11 is 0. The monoisotopic (exact) mass is 609 g/mol. The van der Waals surface area contributed by atoms with E-state index in [9.17, 15) is 12.8 Å². The van der Waals surface area contributed by atoms with Crippen LogP contribution in [0.15, 0.2) is 18.7 Å². The van der Waals surface area contributed by atoms with Crippen LogP contribution in [0.1, 0.15) is 32.2 Å². The van der Waals surface area contributed by atoms with Crippen LogP contribution in [0.3, 0.4) is 0 Å². The zero-order chi connectivity index (χ0) is 29.9. The molecule has 0 aliphatic carbocycles. The van der Waals surface area contributed by atoms with Crippen LogP contribution in [0, 0.1) is 5.82 Å². The molecule has 3 aromatic heterocycles. The third-order valence-electron chi connectivity index (χ3n) is 6.56. The molecule has 3 atom stereocenters. The van der Waals surface area contributed by atoms with Crippen LogP contribution in [0.5, 0.6) is 11.8 Å². The molecule has 2 aliphatic rings. The molecule has 2 saturated heterocycles. The molecule has 0 spiro atoms. The van der Waals surface area contributed by atoms with Crippen molar-refractivity contribution >= 4 is 21.9 Å². The highest BCUT2D eigenvalue weighted by molar-refractivity contribution is 7.93. The van der Waals surface area contributed by atoms with Crippen LogP contribution in [0.2, 0.25) is 0 Å². The Balaban J connectivity index is 1.53. The molecular formula is C24H32FN9O7S. The molecule has 0 saturated carbocycles. The van der Waals surface area contributed by atoms with Gasteiger partial charge in [0.25, 0.3) is 0 Å². The summed E-state index contributed by atoms with van der Waals surface area (Å²) in [7, 11) is -1.35. The predicted octanol–water partition coefficient (Wildman–Crippen LogP) is 0.906. The molecule has 0 amide bonds. The van der Waals surface area contributed by atoms with Crippen molar-refractivity contribution < 1.29 is 36.5 Å². The number of methoxy groups -OCH3 is 2. The van der Waals surface area contributed by atoms with Gasteiger partial charge >= 0.3 is 0 Å². The molecule has 16 nitrogen and oxygen atoms in total. The largest absolute Gasteiger partial charge is 0.479 e. The van der Waals surface area contributed by atoms with Gasteiger partial charge in [-0.25, -0.2) is 22.8 Å². The first-order valence-electron chi connectivity index (χ1n) is 13.2. The fourth-order valence-corrected chi connectivity index (χ4v) is 6.22. The number of halogens is 1. The third-order valence-corrected chi connectivity index (χ3v) is 8.24. The van der Waals surface area contributed by atoms with E-state index in [0.717, 1.165) is 12.4 Å². The molecule has 42 heavy (non-hydrogen) atoms. The van der Waals surface area contributed by atoms with Crippen molar-refractivity contribution in [3.8, 4) is 17.4 Å². The van der Waals surface area contributed by atoms with Crippen LogP contribution in [-0.2, 0) is 24.2 Å². The zero-order valence-electron chi connectivity index (χ0n) is 23.5. The summed E-state index contributed by atoms with van der Waals surface area (Å²) in [4.78, 5) is 18.0. The van der Waals surface area contributed by atoms with Crippen molar-refractivity contribution in [2.45, 2.75) is 43.8 Å². The van der Waals surface area contributed by atoms with Gasteiger partial charge in [-0.1, -0.05) is 0 Å². The van der Waals surface area contributed by atoms with Gasteiger partial charge in [0.15, 0.2) is 17.3 Å². The molecule has 2 aliphatic heterocycles. The van der Waals surface area contributed by atoms with Gasteiger partial charge in [0, 0.05) is 13.1 Å².